The van der Waals surface area contributed by atoms with Gasteiger partial charge < -0.3 is 15.8 Å². The van der Waals surface area contributed by atoms with Crippen molar-refractivity contribution in [3.05, 3.63) is 24.0 Å². The Morgan fingerprint density at radius 1 is 1.33 bits per heavy atom. The first-order valence-electron chi connectivity index (χ1n) is 6.35. The SMILES string of the molecule is Nc1ccc(NCCCN2CCOCC2)c(F)c1. The van der Waals surface area contributed by atoms with Crippen LogP contribution in [0.25, 0.3) is 0 Å². The Morgan fingerprint density at radius 3 is 2.83 bits per heavy atom. The molecule has 1 heterocycles. The summed E-state index contributed by atoms with van der Waals surface area (Å²) in [7, 11) is 0. The predicted octanol–water partition coefficient (Wildman–Crippen LogP) is 1.54. The second-order valence-corrected chi connectivity index (χ2v) is 4.47. The molecule has 3 N–H and O–H groups in total. The van der Waals surface area contributed by atoms with E-state index in [1.807, 2.05) is 0 Å². The Balaban J connectivity index is 1.68. The standard InChI is InChI=1S/C13H20FN3O/c14-12-10-11(15)2-3-13(12)16-4-1-5-17-6-8-18-9-7-17/h2-3,10,16H,1,4-9,15H2. The second kappa shape index (κ2) is 6.56. The molecule has 2 rings (SSSR count). The van der Waals surface area contributed by atoms with E-state index in [-0.39, 0.29) is 5.82 Å². The van der Waals surface area contributed by atoms with Crippen molar-refractivity contribution in [3.8, 4) is 0 Å². The van der Waals surface area contributed by atoms with E-state index in [1.165, 1.54) is 6.07 Å². The lowest BCUT2D eigenvalue weighted by atomic mass is 10.2. The van der Waals surface area contributed by atoms with Gasteiger partial charge in [0.15, 0.2) is 0 Å². The fraction of sp³-hybridized carbons (Fsp3) is 0.538. The summed E-state index contributed by atoms with van der Waals surface area (Å²) in [5.41, 5.74) is 6.46. The average Bonchev–Trinajstić information content (AvgIpc) is 2.38. The second-order valence-electron chi connectivity index (χ2n) is 4.47. The molecule has 0 atom stereocenters. The van der Waals surface area contributed by atoms with Crippen molar-refractivity contribution >= 4 is 11.4 Å². The van der Waals surface area contributed by atoms with E-state index in [1.54, 1.807) is 12.1 Å². The summed E-state index contributed by atoms with van der Waals surface area (Å²) in [6.07, 6.45) is 0.990. The minimum absolute atomic E-state index is 0.290. The zero-order valence-electron chi connectivity index (χ0n) is 10.5. The van der Waals surface area contributed by atoms with Gasteiger partial charge in [-0.25, -0.2) is 4.39 Å². The minimum atomic E-state index is -0.290. The number of rotatable bonds is 5. The van der Waals surface area contributed by atoms with Crippen LogP contribution >= 0.6 is 0 Å². The van der Waals surface area contributed by atoms with Crippen LogP contribution in [0.2, 0.25) is 0 Å². The molecular weight excluding hydrogens is 233 g/mol. The van der Waals surface area contributed by atoms with E-state index in [0.717, 1.165) is 45.8 Å². The third-order valence-electron chi connectivity index (χ3n) is 3.06. The summed E-state index contributed by atoms with van der Waals surface area (Å²) in [4.78, 5) is 2.37. The van der Waals surface area contributed by atoms with Gasteiger partial charge in [0, 0.05) is 25.3 Å². The zero-order valence-corrected chi connectivity index (χ0v) is 10.5. The number of benzene rings is 1. The van der Waals surface area contributed by atoms with Crippen molar-refractivity contribution < 1.29 is 9.13 Å². The molecule has 1 fully saturated rings. The molecule has 0 radical (unpaired) electrons. The van der Waals surface area contributed by atoms with Gasteiger partial charge in [0.1, 0.15) is 5.82 Å². The van der Waals surface area contributed by atoms with Crippen molar-refractivity contribution in [2.45, 2.75) is 6.42 Å². The summed E-state index contributed by atoms with van der Waals surface area (Å²) in [5.74, 6) is -0.290. The summed E-state index contributed by atoms with van der Waals surface area (Å²) >= 11 is 0. The molecule has 0 amide bonds. The fourth-order valence-electron chi connectivity index (χ4n) is 2.03. The molecule has 0 aromatic heterocycles. The minimum Gasteiger partial charge on any atom is -0.399 e. The molecule has 1 aliphatic heterocycles. The highest BCUT2D eigenvalue weighted by molar-refractivity contribution is 5.52. The topological polar surface area (TPSA) is 50.5 Å². The summed E-state index contributed by atoms with van der Waals surface area (Å²) < 4.78 is 18.7. The van der Waals surface area contributed by atoms with E-state index in [4.69, 9.17) is 10.5 Å². The summed E-state index contributed by atoms with van der Waals surface area (Å²) in [5, 5.41) is 3.09. The number of nitrogens with zero attached hydrogens (tertiary/aromatic N) is 1. The van der Waals surface area contributed by atoms with Gasteiger partial charge in [-0.3, -0.25) is 4.90 Å². The van der Waals surface area contributed by atoms with Gasteiger partial charge in [-0.1, -0.05) is 0 Å². The number of nitrogens with one attached hydrogen (secondary N) is 1. The molecule has 1 saturated heterocycles. The van der Waals surface area contributed by atoms with Gasteiger partial charge in [0.2, 0.25) is 0 Å². The maximum atomic E-state index is 13.5. The molecule has 4 nitrogen and oxygen atoms in total. The highest BCUT2D eigenvalue weighted by atomic mass is 19.1. The van der Waals surface area contributed by atoms with Crippen LogP contribution in [0.15, 0.2) is 18.2 Å². The van der Waals surface area contributed by atoms with Gasteiger partial charge in [0.25, 0.3) is 0 Å². The molecule has 1 aromatic carbocycles. The number of ether oxygens (including phenoxy) is 1. The van der Waals surface area contributed by atoms with Crippen LogP contribution in [0.1, 0.15) is 6.42 Å². The van der Waals surface area contributed by atoms with Crippen molar-refractivity contribution in [2.75, 3.05) is 50.4 Å². The molecule has 0 unspecified atom stereocenters. The molecule has 0 aliphatic carbocycles. The summed E-state index contributed by atoms with van der Waals surface area (Å²) in [6.45, 7) is 5.41. The van der Waals surface area contributed by atoms with Gasteiger partial charge in [-0.2, -0.15) is 0 Å². The molecule has 1 aromatic rings. The van der Waals surface area contributed by atoms with E-state index in [2.05, 4.69) is 10.2 Å². The number of nitrogens with two attached hydrogens (primary N) is 1. The molecule has 1 aliphatic rings. The van der Waals surface area contributed by atoms with Gasteiger partial charge in [0.05, 0.1) is 18.9 Å². The van der Waals surface area contributed by atoms with Gasteiger partial charge in [-0.15, -0.1) is 0 Å². The first-order chi connectivity index (χ1) is 8.75. The van der Waals surface area contributed by atoms with Gasteiger partial charge in [-0.05, 0) is 31.2 Å². The van der Waals surface area contributed by atoms with Crippen molar-refractivity contribution in [1.29, 1.82) is 0 Å². The van der Waals surface area contributed by atoms with Crippen LogP contribution in [-0.4, -0.2) is 44.3 Å². The molecule has 0 spiro atoms. The Bertz CT molecular complexity index is 380. The third-order valence-corrected chi connectivity index (χ3v) is 3.06. The average molecular weight is 253 g/mol. The molecule has 100 valence electrons. The van der Waals surface area contributed by atoms with E-state index in [9.17, 15) is 4.39 Å². The quantitative estimate of drug-likeness (QED) is 0.617. The monoisotopic (exact) mass is 253 g/mol. The van der Waals surface area contributed by atoms with Crippen molar-refractivity contribution in [2.24, 2.45) is 0 Å². The molecule has 0 saturated carbocycles. The maximum Gasteiger partial charge on any atom is 0.148 e. The maximum absolute atomic E-state index is 13.5. The largest absolute Gasteiger partial charge is 0.399 e. The first kappa shape index (κ1) is 13.1. The lowest BCUT2D eigenvalue weighted by molar-refractivity contribution is 0.0378. The Labute approximate surface area is 107 Å². The van der Waals surface area contributed by atoms with Crippen LogP contribution in [0.4, 0.5) is 15.8 Å². The van der Waals surface area contributed by atoms with E-state index >= 15 is 0 Å². The van der Waals surface area contributed by atoms with Gasteiger partial charge >= 0.3 is 0 Å². The molecular formula is C13H20FN3O. The number of halogens is 1. The smallest absolute Gasteiger partial charge is 0.148 e. The van der Waals surface area contributed by atoms with Crippen LogP contribution in [0, 0.1) is 5.82 Å². The highest BCUT2D eigenvalue weighted by Gasteiger charge is 2.09. The number of hydrogen-bond acceptors (Lipinski definition) is 4. The van der Waals surface area contributed by atoms with Crippen molar-refractivity contribution in [3.63, 3.8) is 0 Å². The molecule has 18 heavy (non-hydrogen) atoms. The predicted molar refractivity (Wildman–Crippen MR) is 71.2 cm³/mol. The molecule has 5 heteroatoms. The van der Waals surface area contributed by atoms with E-state index < -0.39 is 0 Å². The Morgan fingerprint density at radius 2 is 2.11 bits per heavy atom. The fourth-order valence-corrected chi connectivity index (χ4v) is 2.03. The zero-order chi connectivity index (χ0) is 12.8. The van der Waals surface area contributed by atoms with Crippen LogP contribution in [0.3, 0.4) is 0 Å². The normalized spacial score (nSPS) is 16.7. The van der Waals surface area contributed by atoms with E-state index in [0.29, 0.717) is 11.4 Å². The van der Waals surface area contributed by atoms with Crippen LogP contribution < -0.4 is 11.1 Å². The number of nitrogen functional groups attached to an aromatic ring is 1. The Kier molecular flexibility index (Phi) is 4.78. The van der Waals surface area contributed by atoms with Crippen LogP contribution in [-0.2, 0) is 4.74 Å². The lowest BCUT2D eigenvalue weighted by Crippen LogP contribution is -2.37. The highest BCUT2D eigenvalue weighted by Crippen LogP contribution is 2.16. The van der Waals surface area contributed by atoms with Crippen LogP contribution in [0.5, 0.6) is 0 Å². The number of hydrogen-bond donors (Lipinski definition) is 2. The third kappa shape index (κ3) is 3.85. The molecule has 0 bridgehead atoms. The Hall–Kier alpha value is -1.33. The lowest BCUT2D eigenvalue weighted by Gasteiger charge is -2.26. The van der Waals surface area contributed by atoms with Crippen molar-refractivity contribution in [1.82, 2.24) is 4.90 Å². The number of anilines is 2. The summed E-state index contributed by atoms with van der Waals surface area (Å²) in [6, 6.07) is 4.72. The number of morpholine rings is 1. The first-order valence-corrected chi connectivity index (χ1v) is 6.35.